The summed E-state index contributed by atoms with van der Waals surface area (Å²) in [5, 5.41) is 0.822. The van der Waals surface area contributed by atoms with E-state index in [9.17, 15) is 13.2 Å². The van der Waals surface area contributed by atoms with Gasteiger partial charge in [-0.25, -0.2) is 8.42 Å². The Balaban J connectivity index is 1.60. The Morgan fingerprint density at radius 3 is 2.32 bits per heavy atom. The van der Waals surface area contributed by atoms with Gasteiger partial charge in [0.05, 0.1) is 10.0 Å². The van der Waals surface area contributed by atoms with Gasteiger partial charge >= 0.3 is 0 Å². The highest BCUT2D eigenvalue weighted by Gasteiger charge is 2.22. The minimum atomic E-state index is -3.84. The van der Waals surface area contributed by atoms with E-state index < -0.39 is 21.7 Å². The van der Waals surface area contributed by atoms with Crippen LogP contribution in [0.25, 0.3) is 0 Å². The molecule has 1 N–H and O–H groups in total. The van der Waals surface area contributed by atoms with Crippen molar-refractivity contribution >= 4 is 50.5 Å². The number of carbonyl (C=O) groups excluding carboxylic acids is 1. The minimum Gasteiger partial charge on any atom is -0.372 e. The number of halogens is 2. The summed E-state index contributed by atoms with van der Waals surface area (Å²) >= 11 is 12.0. The Kier molecular flexibility index (Phi) is 8.08. The Hall–Kier alpha value is -1.96. The second-order valence-electron chi connectivity index (χ2n) is 7.61. The van der Waals surface area contributed by atoms with Crippen molar-refractivity contribution in [3.05, 3.63) is 58.1 Å². The summed E-state index contributed by atoms with van der Waals surface area (Å²) in [4.78, 5) is 16.4. The van der Waals surface area contributed by atoms with Gasteiger partial charge in [0.25, 0.3) is 0 Å². The van der Waals surface area contributed by atoms with Crippen LogP contribution in [0.5, 0.6) is 0 Å². The average Bonchev–Trinajstić information content (AvgIpc) is 2.75. The molecule has 1 aliphatic rings. The molecule has 1 saturated heterocycles. The monoisotopic (exact) mass is 483 g/mol. The predicted octanol–water partition coefficient (Wildman–Crippen LogP) is 4.77. The molecular weight excluding hydrogens is 457 g/mol. The molecule has 2 aromatic carbocycles. The molecule has 0 aromatic heterocycles. The maximum Gasteiger partial charge on any atom is 0.241 e. The zero-order valence-corrected chi connectivity index (χ0v) is 19.8. The van der Waals surface area contributed by atoms with Crippen LogP contribution in [0.4, 0.5) is 11.4 Å². The van der Waals surface area contributed by atoms with Gasteiger partial charge < -0.3 is 9.80 Å². The Labute approximate surface area is 194 Å². The number of anilines is 2. The molecule has 3 rings (SSSR count). The second kappa shape index (κ2) is 10.6. The number of carbonyl (C=O) groups is 1. The van der Waals surface area contributed by atoms with E-state index in [1.165, 1.54) is 24.2 Å². The number of rotatable bonds is 8. The van der Waals surface area contributed by atoms with Crippen LogP contribution < -0.4 is 9.62 Å². The Morgan fingerprint density at radius 2 is 1.71 bits per heavy atom. The van der Waals surface area contributed by atoms with E-state index in [-0.39, 0.29) is 6.54 Å². The van der Waals surface area contributed by atoms with Crippen LogP contribution in [0.3, 0.4) is 0 Å². The number of sulfonamides is 1. The molecule has 1 fully saturated rings. The van der Waals surface area contributed by atoms with Gasteiger partial charge in [-0.15, -0.1) is 0 Å². The first-order valence-electron chi connectivity index (χ1n) is 10.3. The van der Waals surface area contributed by atoms with Crippen LogP contribution >= 0.6 is 23.2 Å². The van der Waals surface area contributed by atoms with Gasteiger partial charge in [0.1, 0.15) is 5.75 Å². The molecule has 168 valence electrons. The number of nitrogens with zero attached hydrogens (tertiary/aromatic N) is 2. The summed E-state index contributed by atoms with van der Waals surface area (Å²) in [6, 6.07) is 12.4. The molecule has 0 saturated carbocycles. The predicted molar refractivity (Wildman–Crippen MR) is 127 cm³/mol. The van der Waals surface area contributed by atoms with Crippen molar-refractivity contribution in [1.29, 1.82) is 0 Å². The Bertz CT molecular complexity index is 1010. The number of amides is 1. The summed E-state index contributed by atoms with van der Waals surface area (Å²) in [7, 11) is -3.84. The van der Waals surface area contributed by atoms with Crippen molar-refractivity contribution in [3.8, 4) is 0 Å². The molecule has 0 aliphatic carbocycles. The third-order valence-corrected chi connectivity index (χ3v) is 7.18. The van der Waals surface area contributed by atoms with Crippen molar-refractivity contribution < 1.29 is 13.2 Å². The van der Waals surface area contributed by atoms with E-state index in [1.54, 1.807) is 37.3 Å². The molecule has 0 spiro atoms. The maximum absolute atomic E-state index is 12.6. The van der Waals surface area contributed by atoms with E-state index in [1.807, 2.05) is 12.1 Å². The lowest BCUT2D eigenvalue weighted by Gasteiger charge is -2.28. The van der Waals surface area contributed by atoms with Gasteiger partial charge in [0.2, 0.25) is 15.9 Å². The second-order valence-corrected chi connectivity index (χ2v) is 10.1. The first-order valence-corrected chi connectivity index (χ1v) is 12.8. The van der Waals surface area contributed by atoms with E-state index in [0.717, 1.165) is 24.3 Å². The van der Waals surface area contributed by atoms with E-state index in [4.69, 9.17) is 23.2 Å². The lowest BCUT2D eigenvalue weighted by Crippen LogP contribution is -2.36. The van der Waals surface area contributed by atoms with Gasteiger partial charge in [-0.05, 0) is 68.1 Å². The first-order chi connectivity index (χ1) is 14.8. The molecule has 1 aliphatic heterocycles. The quantitative estimate of drug-likeness (QED) is 0.586. The lowest BCUT2D eigenvalue weighted by atomic mass is 10.1. The van der Waals surface area contributed by atoms with E-state index >= 15 is 0 Å². The van der Waals surface area contributed by atoms with Crippen LogP contribution in [0.15, 0.2) is 42.5 Å². The average molecular weight is 484 g/mol. The fraction of sp³-hybridized carbons (Fsp3) is 0.409. The lowest BCUT2D eigenvalue weighted by molar-refractivity contribution is -0.128. The van der Waals surface area contributed by atoms with Crippen molar-refractivity contribution in [3.63, 3.8) is 0 Å². The molecule has 1 amide bonds. The summed E-state index contributed by atoms with van der Waals surface area (Å²) < 4.78 is 27.6. The Morgan fingerprint density at radius 1 is 1.03 bits per heavy atom. The van der Waals surface area contributed by atoms with E-state index in [0.29, 0.717) is 22.3 Å². The van der Waals surface area contributed by atoms with Gasteiger partial charge in [-0.2, -0.15) is 0 Å². The summed E-state index contributed by atoms with van der Waals surface area (Å²) in [5.41, 5.74) is 2.31. The molecule has 6 nitrogen and oxygen atoms in total. The zero-order chi connectivity index (χ0) is 22.4. The van der Waals surface area contributed by atoms with Gasteiger partial charge in [-0.3, -0.25) is 9.52 Å². The first kappa shape index (κ1) is 23.7. The van der Waals surface area contributed by atoms with Gasteiger partial charge in [0.15, 0.2) is 0 Å². The third kappa shape index (κ3) is 6.76. The minimum absolute atomic E-state index is 0.256. The molecule has 1 heterocycles. The normalized spacial score (nSPS) is 14.4. The van der Waals surface area contributed by atoms with Crippen molar-refractivity contribution in [2.75, 3.05) is 35.0 Å². The third-order valence-electron chi connectivity index (χ3n) is 5.27. The molecule has 0 atom stereocenters. The fourth-order valence-corrected chi connectivity index (χ4v) is 4.99. The number of hydrogen-bond donors (Lipinski definition) is 1. The zero-order valence-electron chi connectivity index (χ0n) is 17.5. The van der Waals surface area contributed by atoms with Crippen molar-refractivity contribution in [2.24, 2.45) is 0 Å². The standard InChI is InChI=1S/C22H27Cl2N3O3S/c1-2-26(15-17-6-11-20(23)21(24)14-17)22(28)16-31(29,30)25-18-7-9-19(10-8-18)27-12-4-3-5-13-27/h6-11,14,25H,2-5,12-13,15-16H2,1H3. The summed E-state index contributed by atoms with van der Waals surface area (Å²) in [6.07, 6.45) is 3.60. The van der Waals surface area contributed by atoms with Crippen LogP contribution in [-0.4, -0.2) is 44.6 Å². The highest BCUT2D eigenvalue weighted by atomic mass is 35.5. The van der Waals surface area contributed by atoms with Crippen LogP contribution in [0.2, 0.25) is 10.0 Å². The van der Waals surface area contributed by atoms with Crippen LogP contribution in [0, 0.1) is 0 Å². The number of nitrogens with one attached hydrogen (secondary N) is 1. The highest BCUT2D eigenvalue weighted by molar-refractivity contribution is 7.93. The molecular formula is C22H27Cl2N3O3S. The molecule has 0 unspecified atom stereocenters. The molecule has 9 heteroatoms. The highest BCUT2D eigenvalue weighted by Crippen LogP contribution is 2.24. The SMILES string of the molecule is CCN(Cc1ccc(Cl)c(Cl)c1)C(=O)CS(=O)(=O)Nc1ccc(N2CCCCC2)cc1. The number of hydrogen-bond acceptors (Lipinski definition) is 4. The van der Waals surface area contributed by atoms with Crippen LogP contribution in [-0.2, 0) is 21.4 Å². The van der Waals surface area contributed by atoms with Gasteiger partial charge in [-0.1, -0.05) is 29.3 Å². The molecule has 31 heavy (non-hydrogen) atoms. The van der Waals surface area contributed by atoms with Crippen LogP contribution in [0.1, 0.15) is 31.7 Å². The number of benzene rings is 2. The summed E-state index contributed by atoms with van der Waals surface area (Å²) in [6.45, 7) is 4.47. The van der Waals surface area contributed by atoms with Crippen molar-refractivity contribution in [1.82, 2.24) is 4.90 Å². The largest absolute Gasteiger partial charge is 0.372 e. The smallest absolute Gasteiger partial charge is 0.241 e. The van der Waals surface area contributed by atoms with Crippen molar-refractivity contribution in [2.45, 2.75) is 32.7 Å². The van der Waals surface area contributed by atoms with E-state index in [2.05, 4.69) is 9.62 Å². The molecule has 0 radical (unpaired) electrons. The van der Waals surface area contributed by atoms with Gasteiger partial charge in [0, 0.05) is 37.6 Å². The molecule has 2 aromatic rings. The summed E-state index contributed by atoms with van der Waals surface area (Å²) in [5.74, 6) is -1.11. The molecule has 0 bridgehead atoms. The maximum atomic E-state index is 12.6. The number of piperidine rings is 1. The fourth-order valence-electron chi connectivity index (χ4n) is 3.60. The topological polar surface area (TPSA) is 69.7 Å².